The number of rotatable bonds is 3. The Hall–Kier alpha value is -1.94. The predicted molar refractivity (Wildman–Crippen MR) is 76.3 cm³/mol. The second-order valence-electron chi connectivity index (χ2n) is 5.74. The number of ether oxygens (including phenoxy) is 1. The number of alkyl halides is 3. The molecule has 0 bridgehead atoms. The topological polar surface area (TPSA) is 71.7 Å². The minimum absolute atomic E-state index is 0.0136. The maximum atomic E-state index is 13.9. The van der Waals surface area contributed by atoms with E-state index in [1.54, 1.807) is 0 Å². The number of halogens is 4. The van der Waals surface area contributed by atoms with Crippen molar-refractivity contribution in [3.8, 4) is 0 Å². The third-order valence-corrected chi connectivity index (χ3v) is 4.07. The van der Waals surface area contributed by atoms with Crippen molar-refractivity contribution in [1.82, 2.24) is 14.6 Å². The molecule has 0 radical (unpaired) electrons. The van der Waals surface area contributed by atoms with Gasteiger partial charge in [-0.25, -0.2) is 13.9 Å². The zero-order chi connectivity index (χ0) is 17.5. The third-order valence-electron chi connectivity index (χ3n) is 4.07. The largest absolute Gasteiger partial charge is 0.396 e. The van der Waals surface area contributed by atoms with Crippen LogP contribution in [0.1, 0.15) is 25.0 Å². The van der Waals surface area contributed by atoms with Gasteiger partial charge in [0.1, 0.15) is 5.52 Å². The number of nitrogens with one attached hydrogen (secondary N) is 1. The molecule has 0 saturated carbocycles. The van der Waals surface area contributed by atoms with Crippen LogP contribution in [0.15, 0.2) is 12.3 Å². The smallest absolute Gasteiger partial charge is 0.389 e. The normalized spacial score (nSPS) is 23.4. The zero-order valence-electron chi connectivity index (χ0n) is 12.7. The number of hydrogen-bond acceptors (Lipinski definition) is 5. The molecule has 24 heavy (non-hydrogen) atoms. The predicted octanol–water partition coefficient (Wildman–Crippen LogP) is 2.10. The molecular weight excluding hydrogens is 332 g/mol. The highest BCUT2D eigenvalue weighted by Crippen LogP contribution is 2.35. The Bertz CT molecular complexity index is 733. The first kappa shape index (κ1) is 16.9. The van der Waals surface area contributed by atoms with E-state index in [1.165, 1.54) is 0 Å². The number of anilines is 1. The van der Waals surface area contributed by atoms with Crippen molar-refractivity contribution in [1.29, 1.82) is 0 Å². The van der Waals surface area contributed by atoms with Gasteiger partial charge in [0.05, 0.1) is 36.6 Å². The van der Waals surface area contributed by atoms with Crippen molar-refractivity contribution in [3.05, 3.63) is 23.8 Å². The van der Waals surface area contributed by atoms with E-state index in [0.717, 1.165) is 23.7 Å². The second-order valence-corrected chi connectivity index (χ2v) is 5.74. The lowest BCUT2D eigenvalue weighted by atomic mass is 10.1. The Balaban J connectivity index is 1.94. The Morgan fingerprint density at radius 2 is 2.21 bits per heavy atom. The summed E-state index contributed by atoms with van der Waals surface area (Å²) in [4.78, 5) is 3.91. The molecule has 3 atom stereocenters. The van der Waals surface area contributed by atoms with Gasteiger partial charge in [-0.3, -0.25) is 0 Å². The molecule has 1 saturated heterocycles. The van der Waals surface area contributed by atoms with E-state index in [1.807, 2.05) is 0 Å². The van der Waals surface area contributed by atoms with Crippen LogP contribution in [-0.4, -0.2) is 51.2 Å². The van der Waals surface area contributed by atoms with Crippen molar-refractivity contribution in [2.45, 2.75) is 37.6 Å². The summed E-state index contributed by atoms with van der Waals surface area (Å²) in [5, 5.41) is 16.7. The van der Waals surface area contributed by atoms with E-state index < -0.39 is 24.0 Å². The van der Waals surface area contributed by atoms with Gasteiger partial charge in [-0.15, -0.1) is 5.10 Å². The summed E-state index contributed by atoms with van der Waals surface area (Å²) in [5.74, 6) is -2.69. The lowest BCUT2D eigenvalue weighted by Crippen LogP contribution is -2.42. The maximum absolute atomic E-state index is 13.9. The first-order valence-corrected chi connectivity index (χ1v) is 7.40. The highest BCUT2D eigenvalue weighted by Gasteiger charge is 2.39. The van der Waals surface area contributed by atoms with Crippen LogP contribution in [0.25, 0.3) is 5.52 Å². The average Bonchev–Trinajstić information content (AvgIpc) is 2.84. The van der Waals surface area contributed by atoms with Gasteiger partial charge in [0.15, 0.2) is 5.82 Å². The Kier molecular flexibility index (Phi) is 4.35. The Morgan fingerprint density at radius 3 is 2.88 bits per heavy atom. The molecule has 2 aromatic rings. The Labute approximate surface area is 134 Å². The molecule has 132 valence electrons. The van der Waals surface area contributed by atoms with Gasteiger partial charge in [-0.05, 0) is 19.4 Å². The van der Waals surface area contributed by atoms with Crippen molar-refractivity contribution in [2.24, 2.45) is 0 Å². The lowest BCUT2D eigenvalue weighted by molar-refractivity contribution is -0.147. The van der Waals surface area contributed by atoms with Gasteiger partial charge in [-0.2, -0.15) is 13.2 Å². The molecule has 0 spiro atoms. The first-order chi connectivity index (χ1) is 11.3. The number of hydrogen-bond donors (Lipinski definition) is 2. The lowest BCUT2D eigenvalue weighted by Gasteiger charge is -2.28. The monoisotopic (exact) mass is 348 g/mol. The van der Waals surface area contributed by atoms with Crippen LogP contribution in [0.5, 0.6) is 0 Å². The SMILES string of the molecule is C[C@@H](c1cc(F)c2cnc(N[C@@H]3CCOC[C@H]3O)nn12)C(F)(F)F. The first-order valence-electron chi connectivity index (χ1n) is 7.40. The van der Waals surface area contributed by atoms with Gasteiger partial charge in [0, 0.05) is 6.61 Å². The standard InChI is InChI=1S/C14H16F4N4O2/c1-7(14(16,17)18)10-4-8(15)11-5-19-13(21-22(10)11)20-9-2-3-24-6-12(9)23/h4-5,7,9,12,23H,2-3,6H2,1H3,(H,20,21)/t7-,9+,12+/m0/s1. The fourth-order valence-electron chi connectivity index (χ4n) is 2.58. The quantitative estimate of drug-likeness (QED) is 0.831. The fourth-order valence-corrected chi connectivity index (χ4v) is 2.58. The van der Waals surface area contributed by atoms with Gasteiger partial charge in [-0.1, -0.05) is 0 Å². The van der Waals surface area contributed by atoms with Crippen LogP contribution in [-0.2, 0) is 4.74 Å². The maximum Gasteiger partial charge on any atom is 0.396 e. The van der Waals surface area contributed by atoms with Crippen LogP contribution in [0.3, 0.4) is 0 Å². The molecule has 0 unspecified atom stereocenters. The number of aromatic nitrogens is 3. The van der Waals surface area contributed by atoms with E-state index in [2.05, 4.69) is 15.4 Å². The molecule has 3 rings (SSSR count). The van der Waals surface area contributed by atoms with E-state index in [4.69, 9.17) is 4.74 Å². The molecule has 2 aromatic heterocycles. The molecule has 6 nitrogen and oxygen atoms in total. The van der Waals surface area contributed by atoms with Gasteiger partial charge in [0.2, 0.25) is 5.95 Å². The molecule has 1 aliphatic rings. The second kappa shape index (κ2) is 6.17. The number of nitrogens with zero attached hydrogens (tertiary/aromatic N) is 3. The molecule has 0 aromatic carbocycles. The highest BCUT2D eigenvalue weighted by atomic mass is 19.4. The average molecular weight is 348 g/mol. The molecule has 0 amide bonds. The fraction of sp³-hybridized carbons (Fsp3) is 0.571. The molecular formula is C14H16F4N4O2. The molecule has 10 heteroatoms. The summed E-state index contributed by atoms with van der Waals surface area (Å²) >= 11 is 0. The van der Waals surface area contributed by atoms with Crippen molar-refractivity contribution in [2.75, 3.05) is 18.5 Å². The Morgan fingerprint density at radius 1 is 1.46 bits per heavy atom. The molecule has 0 aliphatic carbocycles. The van der Waals surface area contributed by atoms with E-state index in [9.17, 15) is 22.7 Å². The van der Waals surface area contributed by atoms with Crippen LogP contribution >= 0.6 is 0 Å². The van der Waals surface area contributed by atoms with Crippen LogP contribution < -0.4 is 5.32 Å². The van der Waals surface area contributed by atoms with Crippen LogP contribution in [0.4, 0.5) is 23.5 Å². The van der Waals surface area contributed by atoms with Gasteiger partial charge < -0.3 is 15.2 Å². The zero-order valence-corrected chi connectivity index (χ0v) is 12.7. The summed E-state index contributed by atoms with van der Waals surface area (Å²) in [5.41, 5.74) is -0.452. The number of aliphatic hydroxyl groups is 1. The number of aliphatic hydroxyl groups excluding tert-OH is 1. The van der Waals surface area contributed by atoms with Crippen molar-refractivity contribution in [3.63, 3.8) is 0 Å². The third kappa shape index (κ3) is 3.16. The van der Waals surface area contributed by atoms with Gasteiger partial charge in [0.25, 0.3) is 0 Å². The van der Waals surface area contributed by atoms with Gasteiger partial charge >= 0.3 is 6.18 Å². The summed E-state index contributed by atoms with van der Waals surface area (Å²) < 4.78 is 58.7. The van der Waals surface area contributed by atoms with Crippen molar-refractivity contribution >= 4 is 11.5 Å². The summed E-state index contributed by atoms with van der Waals surface area (Å²) in [6, 6.07) is 0.426. The van der Waals surface area contributed by atoms with E-state index >= 15 is 0 Å². The van der Waals surface area contributed by atoms with Crippen molar-refractivity contribution < 1.29 is 27.4 Å². The number of fused-ring (bicyclic) bond motifs is 1. The van der Waals surface area contributed by atoms with E-state index in [-0.39, 0.29) is 29.8 Å². The minimum atomic E-state index is -4.52. The van der Waals surface area contributed by atoms with E-state index in [0.29, 0.717) is 13.0 Å². The molecule has 2 N–H and O–H groups in total. The summed E-state index contributed by atoms with van der Waals surface area (Å²) in [6.45, 7) is 1.53. The molecule has 3 heterocycles. The summed E-state index contributed by atoms with van der Waals surface area (Å²) in [7, 11) is 0. The highest BCUT2D eigenvalue weighted by molar-refractivity contribution is 5.50. The molecule has 1 aliphatic heterocycles. The van der Waals surface area contributed by atoms with Crippen LogP contribution in [0, 0.1) is 5.82 Å². The van der Waals surface area contributed by atoms with Crippen LogP contribution in [0.2, 0.25) is 0 Å². The summed E-state index contributed by atoms with van der Waals surface area (Å²) in [6.07, 6.45) is -3.69. The molecule has 1 fully saturated rings. The minimum Gasteiger partial charge on any atom is -0.389 e.